The number of benzene rings is 2. The molecule has 8 nitrogen and oxygen atoms in total. The predicted molar refractivity (Wildman–Crippen MR) is 138 cm³/mol. The second-order valence-electron chi connectivity index (χ2n) is 9.54. The molecule has 0 aliphatic heterocycles. The number of amides is 1. The summed E-state index contributed by atoms with van der Waals surface area (Å²) < 4.78 is 15.2. The number of aliphatic carboxylic acids is 1. The number of aryl methyl sites for hydroxylation is 1. The number of aromatic nitrogens is 2. The largest absolute Gasteiger partial charge is 1.00 e. The average Bonchev–Trinajstić information content (AvgIpc) is 3.22. The van der Waals surface area contributed by atoms with Crippen molar-refractivity contribution in [2.45, 2.75) is 71.1 Å². The Morgan fingerprint density at radius 1 is 1.08 bits per heavy atom. The van der Waals surface area contributed by atoms with E-state index in [4.69, 9.17) is 5.11 Å². The van der Waals surface area contributed by atoms with Gasteiger partial charge in [0, 0.05) is 17.8 Å². The first-order valence-electron chi connectivity index (χ1n) is 12.3. The van der Waals surface area contributed by atoms with Crippen molar-refractivity contribution in [2.24, 2.45) is 0 Å². The molecule has 2 atom stereocenters. The van der Waals surface area contributed by atoms with Crippen LogP contribution in [0.15, 0.2) is 48.5 Å². The molecule has 1 amide bonds. The van der Waals surface area contributed by atoms with Crippen LogP contribution < -0.4 is 34.9 Å². The van der Waals surface area contributed by atoms with Crippen LogP contribution in [0.4, 0.5) is 4.39 Å². The number of hydrogen-bond donors (Lipinski definition) is 4. The molecule has 1 heterocycles. The van der Waals surface area contributed by atoms with Gasteiger partial charge in [0.05, 0.1) is 24.3 Å². The van der Waals surface area contributed by atoms with Crippen molar-refractivity contribution < 1.29 is 60.3 Å². The molecule has 0 saturated heterocycles. The maximum atomic E-state index is 13.6. The molecule has 1 aromatic heterocycles. The van der Waals surface area contributed by atoms with E-state index < -0.39 is 30.4 Å². The minimum atomic E-state index is -1.16. The zero-order valence-electron chi connectivity index (χ0n) is 23.3. The van der Waals surface area contributed by atoms with Gasteiger partial charge in [0.2, 0.25) is 0 Å². The summed E-state index contributed by atoms with van der Waals surface area (Å²) in [6.07, 6.45) is -2.13. The van der Waals surface area contributed by atoms with Crippen LogP contribution in [-0.2, 0) is 17.8 Å². The summed E-state index contributed by atoms with van der Waals surface area (Å²) in [5.41, 5.74) is 4.27. The molecule has 38 heavy (non-hydrogen) atoms. The second-order valence-corrected chi connectivity index (χ2v) is 9.54. The molecule has 200 valence electrons. The first-order chi connectivity index (χ1) is 17.6. The van der Waals surface area contributed by atoms with Gasteiger partial charge in [0.1, 0.15) is 5.82 Å². The van der Waals surface area contributed by atoms with Gasteiger partial charge in [-0.25, -0.2) is 9.07 Å². The second kappa shape index (κ2) is 14.6. The third-order valence-corrected chi connectivity index (χ3v) is 6.25. The SMILES string of the molecule is Cc1ccccc1CNC(=O)c1nn(-c2ccc(F)cc2)c(CC[C@@H](O)C[C@@H](O)CC(=O)O)c1C(C)C.[H-].[Na+]. The minimum absolute atomic E-state index is 0. The van der Waals surface area contributed by atoms with E-state index in [0.717, 1.165) is 11.1 Å². The number of rotatable bonds is 12. The fourth-order valence-corrected chi connectivity index (χ4v) is 4.36. The number of hydrogen-bond acceptors (Lipinski definition) is 5. The fraction of sp³-hybridized carbons (Fsp3) is 0.393. The summed E-state index contributed by atoms with van der Waals surface area (Å²) >= 11 is 0. The van der Waals surface area contributed by atoms with Crippen LogP contribution in [0.1, 0.15) is 73.3 Å². The minimum Gasteiger partial charge on any atom is -1.00 e. The van der Waals surface area contributed by atoms with Crippen LogP contribution in [-0.4, -0.2) is 49.2 Å². The molecule has 0 aliphatic carbocycles. The quantitative estimate of drug-likeness (QED) is 0.257. The molecule has 10 heteroatoms. The Kier molecular flexibility index (Phi) is 12.1. The van der Waals surface area contributed by atoms with Crippen LogP contribution in [0.25, 0.3) is 5.69 Å². The van der Waals surface area contributed by atoms with E-state index in [9.17, 15) is 24.2 Å². The van der Waals surface area contributed by atoms with Crippen molar-refractivity contribution in [1.29, 1.82) is 0 Å². The molecule has 2 aromatic carbocycles. The molecule has 0 fully saturated rings. The fourth-order valence-electron chi connectivity index (χ4n) is 4.36. The van der Waals surface area contributed by atoms with E-state index in [-0.39, 0.29) is 61.3 Å². The Morgan fingerprint density at radius 3 is 2.34 bits per heavy atom. The third kappa shape index (κ3) is 8.47. The van der Waals surface area contributed by atoms with Gasteiger partial charge in [-0.05, 0) is 67.5 Å². The van der Waals surface area contributed by atoms with E-state index in [1.165, 1.54) is 12.1 Å². The van der Waals surface area contributed by atoms with Crippen molar-refractivity contribution in [3.05, 3.63) is 82.4 Å². The van der Waals surface area contributed by atoms with Gasteiger partial charge in [-0.15, -0.1) is 0 Å². The van der Waals surface area contributed by atoms with Gasteiger partial charge < -0.3 is 22.1 Å². The first kappa shape index (κ1) is 31.7. The summed E-state index contributed by atoms with van der Waals surface area (Å²) in [5.74, 6) is -1.97. The molecule has 0 saturated carbocycles. The number of nitrogens with zero attached hydrogens (tertiary/aromatic N) is 2. The topological polar surface area (TPSA) is 125 Å². The van der Waals surface area contributed by atoms with Crippen molar-refractivity contribution >= 4 is 11.9 Å². The van der Waals surface area contributed by atoms with Crippen LogP contribution in [0.2, 0.25) is 0 Å². The summed E-state index contributed by atoms with van der Waals surface area (Å²) in [6.45, 7) is 6.20. The van der Waals surface area contributed by atoms with E-state index in [1.54, 1.807) is 16.8 Å². The van der Waals surface area contributed by atoms with Crippen molar-refractivity contribution in [1.82, 2.24) is 15.1 Å². The number of carboxylic acid groups (broad SMARTS) is 1. The summed E-state index contributed by atoms with van der Waals surface area (Å²) in [5, 5.41) is 36.8. The zero-order valence-corrected chi connectivity index (χ0v) is 24.3. The van der Waals surface area contributed by atoms with Gasteiger partial charge in [0.15, 0.2) is 5.69 Å². The monoisotopic (exact) mass is 535 g/mol. The summed E-state index contributed by atoms with van der Waals surface area (Å²) in [7, 11) is 0. The number of halogens is 1. The molecular weight excluding hydrogens is 500 g/mol. The van der Waals surface area contributed by atoms with E-state index in [2.05, 4.69) is 10.4 Å². The van der Waals surface area contributed by atoms with Gasteiger partial charge >= 0.3 is 35.5 Å². The number of nitrogens with one attached hydrogen (secondary N) is 1. The maximum Gasteiger partial charge on any atom is 1.00 e. The molecule has 0 radical (unpaired) electrons. The smallest absolute Gasteiger partial charge is 1.00 e. The van der Waals surface area contributed by atoms with Crippen LogP contribution in [0, 0.1) is 12.7 Å². The summed E-state index contributed by atoms with van der Waals surface area (Å²) in [4.78, 5) is 24.1. The molecule has 0 aliphatic rings. The average molecular weight is 536 g/mol. The number of aliphatic hydroxyl groups is 2. The van der Waals surface area contributed by atoms with Crippen LogP contribution in [0.5, 0.6) is 0 Å². The molecule has 0 spiro atoms. The van der Waals surface area contributed by atoms with E-state index >= 15 is 0 Å². The Morgan fingerprint density at radius 2 is 1.74 bits per heavy atom. The zero-order chi connectivity index (χ0) is 27.1. The molecular formula is C28H35FN3NaO5. The standard InChI is InChI=1S/C28H34FN3O5.Na.H/c1-17(2)26-24(13-12-22(33)14-23(34)15-25(35)36)32(21-10-8-20(29)9-11-21)31-27(26)28(37)30-16-19-7-5-4-6-18(19)3;;/h4-11,17,22-23,33-34H,12-16H2,1-3H3,(H,30,37)(H,35,36);;/q;+1;-1/t22-,23-;;/m1../s1. The van der Waals surface area contributed by atoms with Crippen molar-refractivity contribution in [3.8, 4) is 5.69 Å². The first-order valence-corrected chi connectivity index (χ1v) is 12.3. The Bertz CT molecular complexity index is 1240. The van der Waals surface area contributed by atoms with Crippen LogP contribution in [0.3, 0.4) is 0 Å². The molecule has 0 bridgehead atoms. The summed E-state index contributed by atoms with van der Waals surface area (Å²) in [6, 6.07) is 13.5. The van der Waals surface area contributed by atoms with Crippen LogP contribution >= 0.6 is 0 Å². The molecule has 4 N–H and O–H groups in total. The number of carbonyl (C=O) groups excluding carboxylic acids is 1. The third-order valence-electron chi connectivity index (χ3n) is 6.25. The maximum absolute atomic E-state index is 13.6. The number of carbonyl (C=O) groups is 2. The number of carboxylic acids is 1. The molecule has 0 unspecified atom stereocenters. The number of aliphatic hydroxyl groups excluding tert-OH is 2. The normalized spacial score (nSPS) is 12.6. The van der Waals surface area contributed by atoms with Crippen molar-refractivity contribution in [2.75, 3.05) is 0 Å². The Balaban J connectivity index is 0.00000380. The van der Waals surface area contributed by atoms with Gasteiger partial charge in [-0.2, -0.15) is 5.10 Å². The predicted octanol–water partition coefficient (Wildman–Crippen LogP) is 1.01. The van der Waals surface area contributed by atoms with E-state index in [1.807, 2.05) is 45.0 Å². The van der Waals surface area contributed by atoms with Gasteiger partial charge in [-0.1, -0.05) is 38.1 Å². The molecule has 3 aromatic rings. The van der Waals surface area contributed by atoms with Crippen molar-refractivity contribution in [3.63, 3.8) is 0 Å². The van der Waals surface area contributed by atoms with E-state index in [0.29, 0.717) is 29.9 Å². The van der Waals surface area contributed by atoms with Gasteiger partial charge in [0.25, 0.3) is 5.91 Å². The Labute approximate surface area is 245 Å². The Hall–Kier alpha value is -2.56. The van der Waals surface area contributed by atoms with Gasteiger partial charge in [-0.3, -0.25) is 9.59 Å². The molecule has 3 rings (SSSR count).